The number of hydrogen-bond donors (Lipinski definition) is 2. The summed E-state index contributed by atoms with van der Waals surface area (Å²) in [5, 5.41) is 2.30. The highest BCUT2D eigenvalue weighted by molar-refractivity contribution is 6.04. The van der Waals surface area contributed by atoms with E-state index in [0.29, 0.717) is 18.9 Å². The summed E-state index contributed by atoms with van der Waals surface area (Å²) in [5.41, 5.74) is 5.65. The van der Waals surface area contributed by atoms with Crippen LogP contribution in [0.2, 0.25) is 0 Å². The minimum absolute atomic E-state index is 0.000102. The number of carbonyl (C=O) groups is 3. The molecule has 1 saturated carbocycles. The van der Waals surface area contributed by atoms with E-state index in [0.717, 1.165) is 25.7 Å². The van der Waals surface area contributed by atoms with Gasteiger partial charge in [0.05, 0.1) is 0 Å². The number of piperazine rings is 1. The SMILES string of the molecule is CCC1C(=O)NC(=O)CN1C(=O)C1CCC(CN)CC1. The van der Waals surface area contributed by atoms with Gasteiger partial charge in [0.1, 0.15) is 12.6 Å². The average molecular weight is 281 g/mol. The largest absolute Gasteiger partial charge is 0.330 e. The lowest BCUT2D eigenvalue weighted by Gasteiger charge is -2.37. The summed E-state index contributed by atoms with van der Waals surface area (Å²) in [7, 11) is 0. The molecule has 2 aliphatic rings. The molecule has 112 valence electrons. The normalized spacial score (nSPS) is 31.1. The van der Waals surface area contributed by atoms with E-state index >= 15 is 0 Å². The molecule has 0 spiro atoms. The zero-order valence-electron chi connectivity index (χ0n) is 11.9. The third-order valence-corrected chi connectivity index (χ3v) is 4.45. The first-order chi connectivity index (χ1) is 9.56. The molecule has 3 N–H and O–H groups in total. The Hall–Kier alpha value is -1.43. The highest BCUT2D eigenvalue weighted by Gasteiger charge is 2.38. The molecule has 0 bridgehead atoms. The van der Waals surface area contributed by atoms with Gasteiger partial charge in [-0.3, -0.25) is 19.7 Å². The molecule has 6 nitrogen and oxygen atoms in total. The van der Waals surface area contributed by atoms with Gasteiger partial charge in [-0.1, -0.05) is 6.92 Å². The van der Waals surface area contributed by atoms with E-state index in [4.69, 9.17) is 5.73 Å². The van der Waals surface area contributed by atoms with Crippen LogP contribution in [0.25, 0.3) is 0 Å². The van der Waals surface area contributed by atoms with Crippen molar-refractivity contribution in [2.75, 3.05) is 13.1 Å². The summed E-state index contributed by atoms with van der Waals surface area (Å²) in [5.74, 6) is -0.343. The zero-order valence-corrected chi connectivity index (χ0v) is 11.9. The zero-order chi connectivity index (χ0) is 14.7. The summed E-state index contributed by atoms with van der Waals surface area (Å²) >= 11 is 0. The molecule has 1 unspecified atom stereocenters. The molecule has 1 saturated heterocycles. The van der Waals surface area contributed by atoms with E-state index in [9.17, 15) is 14.4 Å². The first kappa shape index (κ1) is 15.0. The van der Waals surface area contributed by atoms with E-state index in [2.05, 4.69) is 5.32 Å². The van der Waals surface area contributed by atoms with Crippen LogP contribution in [-0.2, 0) is 14.4 Å². The Balaban J connectivity index is 2.03. The Bertz CT molecular complexity index is 402. The van der Waals surface area contributed by atoms with Crippen molar-refractivity contribution in [1.29, 1.82) is 0 Å². The van der Waals surface area contributed by atoms with Crippen molar-refractivity contribution >= 4 is 17.7 Å². The third-order valence-electron chi connectivity index (χ3n) is 4.45. The van der Waals surface area contributed by atoms with Gasteiger partial charge in [-0.2, -0.15) is 0 Å². The number of nitrogens with one attached hydrogen (secondary N) is 1. The second-order valence-electron chi connectivity index (χ2n) is 5.76. The molecule has 1 aliphatic carbocycles. The van der Waals surface area contributed by atoms with Gasteiger partial charge in [-0.05, 0) is 44.6 Å². The van der Waals surface area contributed by atoms with Gasteiger partial charge < -0.3 is 10.6 Å². The fourth-order valence-electron chi connectivity index (χ4n) is 3.18. The van der Waals surface area contributed by atoms with Crippen LogP contribution >= 0.6 is 0 Å². The van der Waals surface area contributed by atoms with Crippen molar-refractivity contribution in [3.63, 3.8) is 0 Å². The van der Waals surface area contributed by atoms with Gasteiger partial charge in [0.2, 0.25) is 17.7 Å². The Morgan fingerprint density at radius 1 is 1.30 bits per heavy atom. The molecule has 1 aliphatic heterocycles. The summed E-state index contributed by atoms with van der Waals surface area (Å²) in [6.07, 6.45) is 4.06. The molecule has 2 fully saturated rings. The van der Waals surface area contributed by atoms with Crippen LogP contribution in [-0.4, -0.2) is 41.8 Å². The molecule has 2 rings (SSSR count). The maximum atomic E-state index is 12.6. The fourth-order valence-corrected chi connectivity index (χ4v) is 3.18. The van der Waals surface area contributed by atoms with E-state index in [1.165, 1.54) is 4.90 Å². The molecule has 20 heavy (non-hydrogen) atoms. The third kappa shape index (κ3) is 3.00. The summed E-state index contributed by atoms with van der Waals surface area (Å²) in [4.78, 5) is 37.3. The Kier molecular flexibility index (Phi) is 4.75. The minimum Gasteiger partial charge on any atom is -0.330 e. The molecule has 0 radical (unpaired) electrons. The number of rotatable bonds is 3. The molecular formula is C14H23N3O3. The van der Waals surface area contributed by atoms with E-state index in [1.54, 1.807) is 0 Å². The monoisotopic (exact) mass is 281 g/mol. The van der Waals surface area contributed by atoms with Crippen LogP contribution in [0.1, 0.15) is 39.0 Å². The Labute approximate surface area is 119 Å². The number of nitrogens with zero attached hydrogens (tertiary/aromatic N) is 1. The van der Waals surface area contributed by atoms with E-state index in [-0.39, 0.29) is 30.2 Å². The number of amides is 3. The molecular weight excluding hydrogens is 258 g/mol. The van der Waals surface area contributed by atoms with E-state index < -0.39 is 6.04 Å². The Morgan fingerprint density at radius 2 is 1.95 bits per heavy atom. The quantitative estimate of drug-likeness (QED) is 0.713. The van der Waals surface area contributed by atoms with Crippen LogP contribution in [0.5, 0.6) is 0 Å². The summed E-state index contributed by atoms with van der Waals surface area (Å²) < 4.78 is 0. The van der Waals surface area contributed by atoms with Crippen LogP contribution in [0.15, 0.2) is 0 Å². The Morgan fingerprint density at radius 3 is 2.50 bits per heavy atom. The first-order valence-corrected chi connectivity index (χ1v) is 7.41. The lowest BCUT2D eigenvalue weighted by molar-refractivity contribution is -0.153. The highest BCUT2D eigenvalue weighted by Crippen LogP contribution is 2.30. The standard InChI is InChI=1S/C14H23N3O3/c1-2-11-13(19)16-12(18)8-17(11)14(20)10-5-3-9(7-15)4-6-10/h9-11H,2-8,15H2,1H3,(H,16,18,19). The molecule has 1 heterocycles. The second-order valence-corrected chi connectivity index (χ2v) is 5.76. The maximum absolute atomic E-state index is 12.6. The van der Waals surface area contributed by atoms with Crippen molar-refractivity contribution < 1.29 is 14.4 Å². The van der Waals surface area contributed by atoms with Crippen LogP contribution < -0.4 is 11.1 Å². The van der Waals surface area contributed by atoms with Crippen molar-refractivity contribution in [3.8, 4) is 0 Å². The van der Waals surface area contributed by atoms with Crippen molar-refractivity contribution in [2.24, 2.45) is 17.6 Å². The number of imide groups is 1. The predicted molar refractivity (Wildman–Crippen MR) is 73.4 cm³/mol. The van der Waals surface area contributed by atoms with Crippen molar-refractivity contribution in [1.82, 2.24) is 10.2 Å². The van der Waals surface area contributed by atoms with Gasteiger partial charge in [0.25, 0.3) is 0 Å². The average Bonchev–Trinajstić information content (AvgIpc) is 2.46. The molecule has 1 atom stereocenters. The lowest BCUT2D eigenvalue weighted by Crippen LogP contribution is -2.60. The van der Waals surface area contributed by atoms with Gasteiger partial charge in [0.15, 0.2) is 0 Å². The molecule has 0 aromatic heterocycles. The molecule has 6 heteroatoms. The van der Waals surface area contributed by atoms with Crippen molar-refractivity contribution in [2.45, 2.75) is 45.1 Å². The minimum atomic E-state index is -0.507. The maximum Gasteiger partial charge on any atom is 0.249 e. The lowest BCUT2D eigenvalue weighted by atomic mass is 9.81. The summed E-state index contributed by atoms with van der Waals surface area (Å²) in [6.45, 7) is 2.52. The molecule has 0 aromatic rings. The van der Waals surface area contributed by atoms with Crippen LogP contribution in [0.4, 0.5) is 0 Å². The second kappa shape index (κ2) is 6.35. The van der Waals surface area contributed by atoms with Gasteiger partial charge in [-0.15, -0.1) is 0 Å². The first-order valence-electron chi connectivity index (χ1n) is 7.41. The van der Waals surface area contributed by atoms with Gasteiger partial charge >= 0.3 is 0 Å². The van der Waals surface area contributed by atoms with Crippen LogP contribution in [0.3, 0.4) is 0 Å². The molecule has 3 amide bonds. The fraction of sp³-hybridized carbons (Fsp3) is 0.786. The van der Waals surface area contributed by atoms with Crippen molar-refractivity contribution in [3.05, 3.63) is 0 Å². The van der Waals surface area contributed by atoms with Gasteiger partial charge in [0, 0.05) is 5.92 Å². The summed E-state index contributed by atoms with van der Waals surface area (Å²) in [6, 6.07) is -0.507. The van der Waals surface area contributed by atoms with E-state index in [1.807, 2.05) is 6.92 Å². The topological polar surface area (TPSA) is 92.5 Å². The predicted octanol–water partition coefficient (Wildman–Crippen LogP) is 0.0151. The van der Waals surface area contributed by atoms with Gasteiger partial charge in [-0.25, -0.2) is 0 Å². The number of nitrogens with two attached hydrogens (primary N) is 1. The smallest absolute Gasteiger partial charge is 0.249 e. The van der Waals surface area contributed by atoms with Crippen LogP contribution in [0, 0.1) is 11.8 Å². The number of hydrogen-bond acceptors (Lipinski definition) is 4. The number of carbonyl (C=O) groups excluding carboxylic acids is 3. The highest BCUT2D eigenvalue weighted by atomic mass is 16.2. The molecule has 0 aromatic carbocycles.